The molecule has 2 nitrogen and oxygen atoms in total. The average Bonchev–Trinajstić information content (AvgIpc) is 2.32. The van der Waals surface area contributed by atoms with E-state index >= 15 is 0 Å². The molecule has 0 heterocycles. The molecule has 0 spiro atoms. The van der Waals surface area contributed by atoms with Crippen molar-refractivity contribution < 1.29 is 0 Å². The van der Waals surface area contributed by atoms with E-state index in [1.54, 1.807) is 0 Å². The van der Waals surface area contributed by atoms with Crippen LogP contribution in [0.2, 0.25) is 0 Å². The summed E-state index contributed by atoms with van der Waals surface area (Å²) >= 11 is 0. The van der Waals surface area contributed by atoms with Crippen molar-refractivity contribution in [2.45, 2.75) is 52.0 Å². The highest BCUT2D eigenvalue weighted by atomic mass is 16.3. The predicted molar refractivity (Wildman–Crippen MR) is 71.7 cm³/mol. The summed E-state index contributed by atoms with van der Waals surface area (Å²) in [5.74, 6) is 1.47. The van der Waals surface area contributed by atoms with Crippen LogP contribution in [0.15, 0.2) is 29.0 Å². The van der Waals surface area contributed by atoms with E-state index < -0.39 is 5.54 Å². The van der Waals surface area contributed by atoms with E-state index in [-0.39, 0.29) is 0 Å². The lowest BCUT2D eigenvalue weighted by Gasteiger charge is -2.44. The molecule has 0 bridgehead atoms. The van der Waals surface area contributed by atoms with Crippen LogP contribution >= 0.6 is 0 Å². The van der Waals surface area contributed by atoms with Gasteiger partial charge in [0.05, 0.1) is 0 Å². The highest BCUT2D eigenvalue weighted by Crippen LogP contribution is 2.48. The lowest BCUT2D eigenvalue weighted by atomic mass is 9.62. The van der Waals surface area contributed by atoms with Gasteiger partial charge in [-0.05, 0) is 49.0 Å². The molecule has 2 aliphatic rings. The minimum Gasteiger partial charge on any atom is -0.150 e. The number of fused-ring (bicyclic) bond motifs is 1. The summed E-state index contributed by atoms with van der Waals surface area (Å²) in [7, 11) is 0. The second-order valence-corrected chi connectivity index (χ2v) is 6.02. The van der Waals surface area contributed by atoms with Crippen molar-refractivity contribution in [3.8, 4) is 0 Å². The predicted octanol–water partition coefficient (Wildman–Crippen LogP) is 4.47. The molecule has 94 valence electrons. The zero-order valence-corrected chi connectivity index (χ0v) is 11.1. The third-order valence-corrected chi connectivity index (χ3v) is 4.34. The van der Waals surface area contributed by atoms with E-state index in [9.17, 15) is 4.91 Å². The molecule has 0 unspecified atom stereocenters. The first kappa shape index (κ1) is 12.5. The van der Waals surface area contributed by atoms with Crippen molar-refractivity contribution in [2.75, 3.05) is 0 Å². The second-order valence-electron chi connectivity index (χ2n) is 6.02. The van der Waals surface area contributed by atoms with E-state index in [0.717, 1.165) is 25.7 Å². The van der Waals surface area contributed by atoms with Gasteiger partial charge in [0.2, 0.25) is 0 Å². The van der Waals surface area contributed by atoms with Gasteiger partial charge in [0.1, 0.15) is 5.54 Å². The molecule has 0 aliphatic heterocycles. The fourth-order valence-corrected chi connectivity index (χ4v) is 3.47. The quantitative estimate of drug-likeness (QED) is 0.661. The van der Waals surface area contributed by atoms with Crippen molar-refractivity contribution in [1.82, 2.24) is 0 Å². The molecule has 2 aliphatic carbocycles. The van der Waals surface area contributed by atoms with Gasteiger partial charge in [0.25, 0.3) is 0 Å². The second kappa shape index (κ2) is 4.75. The fraction of sp³-hybridized carbons (Fsp3) is 0.733. The molecule has 0 saturated carbocycles. The Balaban J connectivity index is 2.40. The maximum Gasteiger partial charge on any atom is 0.130 e. The summed E-state index contributed by atoms with van der Waals surface area (Å²) in [5.41, 5.74) is 0.763. The van der Waals surface area contributed by atoms with Crippen LogP contribution in [0, 0.1) is 22.7 Å². The van der Waals surface area contributed by atoms with Crippen LogP contribution < -0.4 is 0 Å². The average molecular weight is 233 g/mol. The Morgan fingerprint density at radius 1 is 1.53 bits per heavy atom. The smallest absolute Gasteiger partial charge is 0.130 e. The van der Waals surface area contributed by atoms with Crippen molar-refractivity contribution in [3.63, 3.8) is 0 Å². The summed E-state index contributed by atoms with van der Waals surface area (Å²) in [6.45, 7) is 6.69. The molecule has 0 radical (unpaired) electrons. The molecule has 0 aromatic rings. The van der Waals surface area contributed by atoms with Gasteiger partial charge < -0.3 is 0 Å². The molecule has 0 amide bonds. The zero-order chi connectivity index (χ0) is 12.5. The molecule has 0 fully saturated rings. The molecular weight excluding hydrogens is 210 g/mol. The number of hydrogen-bond acceptors (Lipinski definition) is 2. The van der Waals surface area contributed by atoms with Gasteiger partial charge in [0.15, 0.2) is 0 Å². The molecule has 0 N–H and O–H groups in total. The lowest BCUT2D eigenvalue weighted by molar-refractivity contribution is 0.196. The topological polar surface area (TPSA) is 29.4 Å². The maximum atomic E-state index is 11.5. The number of allylic oxidation sites excluding steroid dienone is 2. The minimum atomic E-state index is -0.420. The Morgan fingerprint density at radius 3 is 2.94 bits per heavy atom. The van der Waals surface area contributed by atoms with Crippen LogP contribution in [0.1, 0.15) is 46.5 Å². The van der Waals surface area contributed by atoms with Crippen molar-refractivity contribution >= 4 is 0 Å². The monoisotopic (exact) mass is 233 g/mol. The number of hydrogen-bond donors (Lipinski definition) is 0. The van der Waals surface area contributed by atoms with E-state index in [1.807, 2.05) is 0 Å². The van der Waals surface area contributed by atoms with Crippen molar-refractivity contribution in [2.24, 2.45) is 22.9 Å². The summed E-state index contributed by atoms with van der Waals surface area (Å²) < 4.78 is 0. The molecule has 0 aromatic carbocycles. The van der Waals surface area contributed by atoms with Crippen molar-refractivity contribution in [1.29, 1.82) is 0 Å². The summed E-state index contributed by atoms with van der Waals surface area (Å²) in [6.07, 6.45) is 10.9. The third kappa shape index (κ3) is 2.10. The fourth-order valence-electron chi connectivity index (χ4n) is 3.47. The van der Waals surface area contributed by atoms with Crippen LogP contribution in [-0.4, -0.2) is 5.54 Å². The summed E-state index contributed by atoms with van der Waals surface area (Å²) in [5, 5.41) is 3.62. The zero-order valence-electron chi connectivity index (χ0n) is 11.1. The Kier molecular flexibility index (Phi) is 3.50. The van der Waals surface area contributed by atoms with E-state index in [0.29, 0.717) is 17.8 Å². The first-order valence-electron chi connectivity index (χ1n) is 6.83. The highest BCUT2D eigenvalue weighted by Gasteiger charge is 2.47. The summed E-state index contributed by atoms with van der Waals surface area (Å²) in [4.78, 5) is 11.5. The van der Waals surface area contributed by atoms with E-state index in [1.165, 1.54) is 5.57 Å². The largest absolute Gasteiger partial charge is 0.150 e. The SMILES string of the molecule is CC(C)C[C@H]1[C@@H](C)C=CC2=CCCC[C@@]21N=O. The van der Waals surface area contributed by atoms with Crippen LogP contribution in [-0.2, 0) is 0 Å². The Hall–Kier alpha value is -0.920. The van der Waals surface area contributed by atoms with Gasteiger partial charge in [0, 0.05) is 0 Å². The van der Waals surface area contributed by atoms with Crippen LogP contribution in [0.5, 0.6) is 0 Å². The number of rotatable bonds is 3. The maximum absolute atomic E-state index is 11.5. The standard InChI is InChI=1S/C15H23NO/c1-11(2)10-14-12(3)7-8-13-6-4-5-9-15(13,14)16-17/h6-8,11-12,14H,4-5,9-10H2,1-3H3/t12-,14-,15+/m0/s1. The molecule has 0 aromatic heterocycles. The van der Waals surface area contributed by atoms with Gasteiger partial charge in [-0.1, -0.05) is 44.2 Å². The van der Waals surface area contributed by atoms with Crippen LogP contribution in [0.25, 0.3) is 0 Å². The summed E-state index contributed by atoms with van der Waals surface area (Å²) in [6, 6.07) is 0. The van der Waals surface area contributed by atoms with E-state index in [4.69, 9.17) is 0 Å². The molecular formula is C15H23NO. The van der Waals surface area contributed by atoms with Crippen LogP contribution in [0.4, 0.5) is 0 Å². The number of nitroso groups, excluding NO2 is 1. The van der Waals surface area contributed by atoms with Gasteiger partial charge >= 0.3 is 0 Å². The highest BCUT2D eigenvalue weighted by molar-refractivity contribution is 5.38. The minimum absolute atomic E-state index is 0.386. The number of nitrogens with zero attached hydrogens (tertiary/aromatic N) is 1. The Labute approximate surface area is 104 Å². The normalized spacial score (nSPS) is 36.6. The Morgan fingerprint density at radius 2 is 2.29 bits per heavy atom. The lowest BCUT2D eigenvalue weighted by Crippen LogP contribution is -2.44. The molecule has 2 heteroatoms. The van der Waals surface area contributed by atoms with Gasteiger partial charge in [-0.2, -0.15) is 0 Å². The van der Waals surface area contributed by atoms with Crippen molar-refractivity contribution in [3.05, 3.63) is 28.7 Å². The van der Waals surface area contributed by atoms with E-state index in [2.05, 4.69) is 44.2 Å². The first-order valence-corrected chi connectivity index (χ1v) is 6.83. The van der Waals surface area contributed by atoms with Gasteiger partial charge in [-0.25, -0.2) is 0 Å². The molecule has 0 saturated heterocycles. The van der Waals surface area contributed by atoms with Crippen LogP contribution in [0.3, 0.4) is 0 Å². The molecule has 3 atom stereocenters. The molecule has 17 heavy (non-hydrogen) atoms. The molecule has 2 rings (SSSR count). The third-order valence-electron chi connectivity index (χ3n) is 4.34. The first-order chi connectivity index (χ1) is 8.10. The van der Waals surface area contributed by atoms with Gasteiger partial charge in [-0.15, -0.1) is 4.91 Å². The van der Waals surface area contributed by atoms with Gasteiger partial charge in [-0.3, -0.25) is 0 Å². The Bertz CT molecular complexity index is 356.